The van der Waals surface area contributed by atoms with E-state index in [9.17, 15) is 9.00 Å². The molecule has 2 unspecified atom stereocenters. The summed E-state index contributed by atoms with van der Waals surface area (Å²) in [6, 6.07) is 7.40. The zero-order chi connectivity index (χ0) is 15.2. The lowest BCUT2D eigenvalue weighted by molar-refractivity contribution is -0.121. The fraction of sp³-hybridized carbons (Fsp3) is 0.250. The first-order valence-corrected chi connectivity index (χ1v) is 7.89. The molecule has 1 aromatic rings. The van der Waals surface area contributed by atoms with Crippen LogP contribution >= 0.6 is 0 Å². The van der Waals surface area contributed by atoms with E-state index in [0.29, 0.717) is 11.3 Å². The van der Waals surface area contributed by atoms with Crippen molar-refractivity contribution < 1.29 is 9.00 Å². The van der Waals surface area contributed by atoms with Gasteiger partial charge in [-0.3, -0.25) is 9.00 Å². The lowest BCUT2D eigenvalue weighted by Gasteiger charge is -2.16. The van der Waals surface area contributed by atoms with Crippen LogP contribution in [0.1, 0.15) is 18.9 Å². The van der Waals surface area contributed by atoms with Gasteiger partial charge in [-0.05, 0) is 17.7 Å². The average Bonchev–Trinajstić information content (AvgIpc) is 2.47. The molecule has 0 saturated heterocycles. The van der Waals surface area contributed by atoms with Gasteiger partial charge in [-0.15, -0.1) is 6.42 Å². The van der Waals surface area contributed by atoms with Crippen LogP contribution in [0, 0.1) is 18.3 Å². The monoisotopic (exact) mass is 300 g/mol. The minimum Gasteiger partial charge on any atom is -0.273 e. The van der Waals surface area contributed by atoms with E-state index in [1.165, 1.54) is 0 Å². The van der Waals surface area contributed by atoms with Crippen molar-refractivity contribution in [2.24, 2.45) is 11.0 Å². The number of rotatable bonds is 4. The van der Waals surface area contributed by atoms with Crippen LogP contribution in [0.5, 0.6) is 0 Å². The van der Waals surface area contributed by atoms with E-state index in [0.717, 1.165) is 11.3 Å². The maximum Gasteiger partial charge on any atom is 0.240 e. The van der Waals surface area contributed by atoms with Crippen LogP contribution in [0.3, 0.4) is 0 Å². The van der Waals surface area contributed by atoms with Crippen molar-refractivity contribution in [2.75, 3.05) is 5.75 Å². The summed E-state index contributed by atoms with van der Waals surface area (Å²) in [5.74, 6) is 2.60. The molecule has 1 aliphatic heterocycles. The summed E-state index contributed by atoms with van der Waals surface area (Å²) in [7, 11) is -1.21. The Labute approximate surface area is 126 Å². The Morgan fingerprint density at radius 2 is 2.24 bits per heavy atom. The minimum absolute atomic E-state index is 0.0679. The molecule has 0 bridgehead atoms. The van der Waals surface area contributed by atoms with Crippen molar-refractivity contribution in [1.29, 1.82) is 0 Å². The fourth-order valence-electron chi connectivity index (χ4n) is 2.02. The average molecular weight is 300 g/mol. The molecule has 1 amide bonds. The molecule has 2 rings (SSSR count). The highest BCUT2D eigenvalue weighted by atomic mass is 32.2. The number of nitrogens with zero attached hydrogens (tertiary/aromatic N) is 1. The minimum atomic E-state index is -1.21. The van der Waals surface area contributed by atoms with Gasteiger partial charge in [0.15, 0.2) is 0 Å². The predicted octanol–water partition coefficient (Wildman–Crippen LogP) is 1.95. The molecule has 5 heteroatoms. The highest BCUT2D eigenvalue weighted by Gasteiger charge is 2.18. The number of carbonyl (C=O) groups is 1. The summed E-state index contributed by atoms with van der Waals surface area (Å²) < 4.78 is 12.1. The number of hydrogen-bond acceptors (Lipinski definition) is 3. The van der Waals surface area contributed by atoms with E-state index in [1.807, 2.05) is 37.3 Å². The van der Waals surface area contributed by atoms with Crippen LogP contribution in [0.2, 0.25) is 0 Å². The molecule has 0 saturated carbocycles. The van der Waals surface area contributed by atoms with Crippen LogP contribution in [0.15, 0.2) is 40.3 Å². The van der Waals surface area contributed by atoms with Crippen molar-refractivity contribution in [2.45, 2.75) is 18.2 Å². The molecule has 1 heterocycles. The highest BCUT2D eigenvalue weighted by molar-refractivity contribution is 7.85. The van der Waals surface area contributed by atoms with Crippen molar-refractivity contribution in [3.8, 4) is 12.3 Å². The number of terminal acetylenes is 1. The normalized spacial score (nSPS) is 19.7. The Kier molecular flexibility index (Phi) is 5.07. The number of benzene rings is 1. The SMILES string of the molecule is C#CCS(=O)c1ccccc1C=CC1=NNC(=O)CC1C. The summed E-state index contributed by atoms with van der Waals surface area (Å²) in [5, 5.41) is 4.04. The maximum absolute atomic E-state index is 12.1. The standard InChI is InChI=1S/C16H16N2O2S/c1-3-10-21(20)15-7-5-4-6-13(15)8-9-14-12(2)11-16(19)18-17-14/h1,4-9,12H,10-11H2,2H3,(H,18,19). The zero-order valence-corrected chi connectivity index (χ0v) is 12.5. The molecule has 0 radical (unpaired) electrons. The van der Waals surface area contributed by atoms with E-state index in [1.54, 1.807) is 6.07 Å². The second-order valence-electron chi connectivity index (χ2n) is 4.74. The van der Waals surface area contributed by atoms with Gasteiger partial charge in [0.1, 0.15) is 0 Å². The van der Waals surface area contributed by atoms with E-state index in [-0.39, 0.29) is 17.6 Å². The summed E-state index contributed by atoms with van der Waals surface area (Å²) in [5.41, 5.74) is 4.11. The number of nitrogens with one attached hydrogen (secondary N) is 1. The number of allylic oxidation sites excluding steroid dienone is 1. The van der Waals surface area contributed by atoms with Crippen molar-refractivity contribution in [1.82, 2.24) is 5.43 Å². The van der Waals surface area contributed by atoms with Gasteiger partial charge in [0.2, 0.25) is 5.91 Å². The molecule has 1 N–H and O–H groups in total. The molecule has 21 heavy (non-hydrogen) atoms. The smallest absolute Gasteiger partial charge is 0.240 e. The Morgan fingerprint density at radius 1 is 1.48 bits per heavy atom. The van der Waals surface area contributed by atoms with Crippen LogP contribution in [0.4, 0.5) is 0 Å². The first-order valence-electron chi connectivity index (χ1n) is 6.57. The number of hydrogen-bond donors (Lipinski definition) is 1. The van der Waals surface area contributed by atoms with Gasteiger partial charge >= 0.3 is 0 Å². The molecule has 4 nitrogen and oxygen atoms in total. The second-order valence-corrected chi connectivity index (χ2v) is 6.16. The molecule has 2 atom stereocenters. The first-order chi connectivity index (χ1) is 10.1. The van der Waals surface area contributed by atoms with Crippen LogP contribution < -0.4 is 5.43 Å². The predicted molar refractivity (Wildman–Crippen MR) is 84.9 cm³/mol. The summed E-state index contributed by atoms with van der Waals surface area (Å²) in [6.07, 6.45) is 9.34. The third-order valence-electron chi connectivity index (χ3n) is 3.12. The maximum atomic E-state index is 12.1. The van der Waals surface area contributed by atoms with Crippen molar-refractivity contribution >= 4 is 28.5 Å². The van der Waals surface area contributed by atoms with E-state index >= 15 is 0 Å². The summed E-state index contributed by atoms with van der Waals surface area (Å²) in [4.78, 5) is 11.9. The molecule has 1 aromatic carbocycles. The quantitative estimate of drug-likeness (QED) is 0.864. The first kappa shape index (κ1) is 15.2. The lowest BCUT2D eigenvalue weighted by Crippen LogP contribution is -2.30. The Balaban J connectivity index is 2.24. The van der Waals surface area contributed by atoms with E-state index < -0.39 is 10.8 Å². The Bertz CT molecular complexity index is 671. The van der Waals surface area contributed by atoms with Gasteiger partial charge < -0.3 is 0 Å². The summed E-state index contributed by atoms with van der Waals surface area (Å²) in [6.45, 7) is 1.95. The molecule has 0 fully saturated rings. The molecule has 108 valence electrons. The van der Waals surface area contributed by atoms with Gasteiger partial charge in [-0.25, -0.2) is 5.43 Å². The number of hydrazone groups is 1. The molecule has 0 spiro atoms. The largest absolute Gasteiger partial charge is 0.273 e. The molecule has 0 aliphatic carbocycles. The van der Waals surface area contributed by atoms with Gasteiger partial charge in [0.05, 0.1) is 22.3 Å². The topological polar surface area (TPSA) is 58.5 Å². The van der Waals surface area contributed by atoms with E-state index in [4.69, 9.17) is 6.42 Å². The summed E-state index contributed by atoms with van der Waals surface area (Å²) >= 11 is 0. The highest BCUT2D eigenvalue weighted by Crippen LogP contribution is 2.17. The van der Waals surface area contributed by atoms with Crippen LogP contribution in [-0.4, -0.2) is 21.6 Å². The lowest BCUT2D eigenvalue weighted by atomic mass is 9.99. The molecular formula is C16H16N2O2S. The van der Waals surface area contributed by atoms with Crippen LogP contribution in [0.25, 0.3) is 6.08 Å². The molecular weight excluding hydrogens is 284 g/mol. The Morgan fingerprint density at radius 3 is 2.95 bits per heavy atom. The molecule has 0 aromatic heterocycles. The van der Waals surface area contributed by atoms with Gasteiger partial charge in [0, 0.05) is 17.2 Å². The third kappa shape index (κ3) is 3.89. The van der Waals surface area contributed by atoms with Crippen molar-refractivity contribution in [3.63, 3.8) is 0 Å². The Hall–Kier alpha value is -2.19. The number of carbonyl (C=O) groups excluding carboxylic acids is 1. The van der Waals surface area contributed by atoms with Gasteiger partial charge in [-0.1, -0.05) is 37.1 Å². The third-order valence-corrected chi connectivity index (χ3v) is 4.41. The van der Waals surface area contributed by atoms with E-state index in [2.05, 4.69) is 16.4 Å². The second kappa shape index (κ2) is 7.00. The van der Waals surface area contributed by atoms with Gasteiger partial charge in [0.25, 0.3) is 0 Å². The zero-order valence-electron chi connectivity index (χ0n) is 11.7. The van der Waals surface area contributed by atoms with Crippen LogP contribution in [-0.2, 0) is 15.6 Å². The molecule has 1 aliphatic rings. The van der Waals surface area contributed by atoms with Gasteiger partial charge in [-0.2, -0.15) is 5.10 Å². The fourth-order valence-corrected chi connectivity index (χ4v) is 2.96. The number of amides is 1. The van der Waals surface area contributed by atoms with Crippen molar-refractivity contribution in [3.05, 3.63) is 35.9 Å².